The van der Waals surface area contributed by atoms with Crippen molar-refractivity contribution < 1.29 is 9.18 Å². The molecular formula is C11H13ClFNO. The monoisotopic (exact) mass is 229 g/mol. The van der Waals surface area contributed by atoms with E-state index in [2.05, 4.69) is 5.32 Å². The predicted octanol–water partition coefficient (Wildman–Crippen LogP) is 2.36. The molecule has 82 valence electrons. The standard InChI is InChI=1S/C11H13ClFNO/c12-10-4-1-9(2-5-10)3-6-11(15)14-8-7-13/h1-2,4-5H,3,6-8H2,(H,14,15). The van der Waals surface area contributed by atoms with Crippen LogP contribution in [0.5, 0.6) is 0 Å². The number of alkyl halides is 1. The topological polar surface area (TPSA) is 29.1 Å². The molecule has 0 atom stereocenters. The van der Waals surface area contributed by atoms with Crippen LogP contribution in [-0.4, -0.2) is 19.1 Å². The fraction of sp³-hybridized carbons (Fsp3) is 0.364. The molecule has 0 radical (unpaired) electrons. The molecule has 1 N–H and O–H groups in total. The Kier molecular flexibility index (Phi) is 5.12. The molecule has 0 spiro atoms. The van der Waals surface area contributed by atoms with Gasteiger partial charge in [-0.2, -0.15) is 0 Å². The molecule has 2 nitrogen and oxygen atoms in total. The molecule has 1 aromatic rings. The Morgan fingerprint density at radius 2 is 2.00 bits per heavy atom. The first-order chi connectivity index (χ1) is 7.22. The summed E-state index contributed by atoms with van der Waals surface area (Å²) in [5.74, 6) is -0.123. The molecule has 0 unspecified atom stereocenters. The molecule has 0 aromatic heterocycles. The van der Waals surface area contributed by atoms with Crippen molar-refractivity contribution in [2.45, 2.75) is 12.8 Å². The highest BCUT2D eigenvalue weighted by Crippen LogP contribution is 2.10. The number of carbonyl (C=O) groups excluding carboxylic acids is 1. The lowest BCUT2D eigenvalue weighted by atomic mass is 10.1. The maximum absolute atomic E-state index is 11.7. The minimum absolute atomic E-state index is 0.0967. The van der Waals surface area contributed by atoms with Gasteiger partial charge in [0.2, 0.25) is 5.91 Å². The van der Waals surface area contributed by atoms with Crippen LogP contribution < -0.4 is 5.32 Å². The summed E-state index contributed by atoms with van der Waals surface area (Å²) in [5.41, 5.74) is 1.05. The quantitative estimate of drug-likeness (QED) is 0.825. The van der Waals surface area contributed by atoms with Gasteiger partial charge in [0.1, 0.15) is 6.67 Å². The van der Waals surface area contributed by atoms with Crippen LogP contribution >= 0.6 is 11.6 Å². The molecule has 15 heavy (non-hydrogen) atoms. The molecule has 0 aliphatic rings. The van der Waals surface area contributed by atoms with Gasteiger partial charge in [-0.25, -0.2) is 4.39 Å². The van der Waals surface area contributed by atoms with Crippen LogP contribution in [0.1, 0.15) is 12.0 Å². The molecule has 0 fully saturated rings. The number of nitrogens with one attached hydrogen (secondary N) is 1. The second-order valence-electron chi connectivity index (χ2n) is 3.17. The van der Waals surface area contributed by atoms with Gasteiger partial charge in [0.25, 0.3) is 0 Å². The molecule has 1 aromatic carbocycles. The van der Waals surface area contributed by atoms with Gasteiger partial charge in [-0.15, -0.1) is 0 Å². The summed E-state index contributed by atoms with van der Waals surface area (Å²) in [6, 6.07) is 7.34. The average Bonchev–Trinajstić information content (AvgIpc) is 2.25. The van der Waals surface area contributed by atoms with E-state index in [1.165, 1.54) is 0 Å². The minimum Gasteiger partial charge on any atom is -0.353 e. The van der Waals surface area contributed by atoms with Crippen molar-refractivity contribution >= 4 is 17.5 Å². The molecule has 0 bridgehead atoms. The van der Waals surface area contributed by atoms with Gasteiger partial charge in [0.15, 0.2) is 0 Å². The van der Waals surface area contributed by atoms with Gasteiger partial charge >= 0.3 is 0 Å². The number of carbonyl (C=O) groups is 1. The predicted molar refractivity (Wildman–Crippen MR) is 58.8 cm³/mol. The molecule has 1 amide bonds. The lowest BCUT2D eigenvalue weighted by Crippen LogP contribution is -2.25. The van der Waals surface area contributed by atoms with E-state index in [0.717, 1.165) is 5.56 Å². The van der Waals surface area contributed by atoms with E-state index in [9.17, 15) is 9.18 Å². The summed E-state index contributed by atoms with van der Waals surface area (Å²) >= 11 is 5.72. The van der Waals surface area contributed by atoms with Gasteiger partial charge in [-0.1, -0.05) is 23.7 Å². The average molecular weight is 230 g/mol. The fourth-order valence-electron chi connectivity index (χ4n) is 1.18. The first-order valence-corrected chi connectivity index (χ1v) is 5.17. The van der Waals surface area contributed by atoms with E-state index in [-0.39, 0.29) is 12.5 Å². The molecule has 4 heteroatoms. The number of hydrogen-bond donors (Lipinski definition) is 1. The molecule has 0 aliphatic carbocycles. The summed E-state index contributed by atoms with van der Waals surface area (Å²) in [5, 5.41) is 3.16. The van der Waals surface area contributed by atoms with E-state index in [1.807, 2.05) is 12.1 Å². The Hall–Kier alpha value is -1.09. The van der Waals surface area contributed by atoms with Crippen molar-refractivity contribution in [3.8, 4) is 0 Å². The zero-order valence-electron chi connectivity index (χ0n) is 8.30. The van der Waals surface area contributed by atoms with E-state index in [0.29, 0.717) is 17.9 Å². The third-order valence-corrected chi connectivity index (χ3v) is 2.22. The van der Waals surface area contributed by atoms with E-state index >= 15 is 0 Å². The zero-order valence-corrected chi connectivity index (χ0v) is 9.06. The number of halogens is 2. The molecule has 0 saturated heterocycles. The Morgan fingerprint density at radius 1 is 1.33 bits per heavy atom. The van der Waals surface area contributed by atoms with Crippen LogP contribution in [0.2, 0.25) is 5.02 Å². The Morgan fingerprint density at radius 3 is 2.60 bits per heavy atom. The summed E-state index contributed by atoms with van der Waals surface area (Å²) in [6.07, 6.45) is 1.02. The molecule has 0 saturated carbocycles. The Labute approximate surface area is 93.4 Å². The third-order valence-electron chi connectivity index (χ3n) is 1.97. The van der Waals surface area contributed by atoms with Crippen molar-refractivity contribution in [3.05, 3.63) is 34.9 Å². The second-order valence-corrected chi connectivity index (χ2v) is 3.60. The summed E-state index contributed by atoms with van der Waals surface area (Å²) in [6.45, 7) is -0.424. The summed E-state index contributed by atoms with van der Waals surface area (Å²) < 4.78 is 11.7. The molecular weight excluding hydrogens is 217 g/mol. The highest BCUT2D eigenvalue weighted by molar-refractivity contribution is 6.30. The van der Waals surface area contributed by atoms with Gasteiger partial charge in [0, 0.05) is 18.0 Å². The van der Waals surface area contributed by atoms with Crippen LogP contribution in [0.25, 0.3) is 0 Å². The Balaban J connectivity index is 2.30. The van der Waals surface area contributed by atoms with Gasteiger partial charge in [0.05, 0.1) is 0 Å². The number of benzene rings is 1. The number of aryl methyl sites for hydroxylation is 1. The number of hydrogen-bond acceptors (Lipinski definition) is 1. The van der Waals surface area contributed by atoms with Gasteiger partial charge < -0.3 is 5.32 Å². The number of amides is 1. The van der Waals surface area contributed by atoms with Crippen LogP contribution in [-0.2, 0) is 11.2 Å². The minimum atomic E-state index is -0.521. The van der Waals surface area contributed by atoms with Crippen LogP contribution in [0.15, 0.2) is 24.3 Å². The normalized spacial score (nSPS) is 10.0. The fourth-order valence-corrected chi connectivity index (χ4v) is 1.31. The maximum atomic E-state index is 11.7. The Bertz CT molecular complexity index is 313. The van der Waals surface area contributed by atoms with Crippen LogP contribution in [0.4, 0.5) is 4.39 Å². The van der Waals surface area contributed by atoms with Crippen molar-refractivity contribution in [1.82, 2.24) is 5.32 Å². The highest BCUT2D eigenvalue weighted by Gasteiger charge is 2.01. The van der Waals surface area contributed by atoms with Crippen molar-refractivity contribution in [2.24, 2.45) is 0 Å². The lowest BCUT2D eigenvalue weighted by molar-refractivity contribution is -0.121. The van der Waals surface area contributed by atoms with Gasteiger partial charge in [-0.3, -0.25) is 4.79 Å². The van der Waals surface area contributed by atoms with Crippen LogP contribution in [0, 0.1) is 0 Å². The SMILES string of the molecule is O=C(CCc1ccc(Cl)cc1)NCCF. The maximum Gasteiger partial charge on any atom is 0.220 e. The summed E-state index contributed by atoms with van der Waals surface area (Å²) in [7, 11) is 0. The molecule has 0 heterocycles. The first-order valence-electron chi connectivity index (χ1n) is 4.79. The van der Waals surface area contributed by atoms with Crippen molar-refractivity contribution in [2.75, 3.05) is 13.2 Å². The largest absolute Gasteiger partial charge is 0.353 e. The third kappa shape index (κ3) is 4.79. The first kappa shape index (κ1) is 12.0. The van der Waals surface area contributed by atoms with Crippen LogP contribution in [0.3, 0.4) is 0 Å². The second kappa shape index (κ2) is 6.40. The smallest absolute Gasteiger partial charge is 0.220 e. The van der Waals surface area contributed by atoms with Crippen molar-refractivity contribution in [3.63, 3.8) is 0 Å². The van der Waals surface area contributed by atoms with E-state index in [4.69, 9.17) is 11.6 Å². The van der Waals surface area contributed by atoms with E-state index in [1.54, 1.807) is 12.1 Å². The zero-order chi connectivity index (χ0) is 11.1. The van der Waals surface area contributed by atoms with E-state index < -0.39 is 6.67 Å². The molecule has 1 rings (SSSR count). The lowest BCUT2D eigenvalue weighted by Gasteiger charge is -2.02. The molecule has 0 aliphatic heterocycles. The van der Waals surface area contributed by atoms with Gasteiger partial charge in [-0.05, 0) is 24.1 Å². The number of rotatable bonds is 5. The summed E-state index contributed by atoms with van der Waals surface area (Å²) in [4.78, 5) is 11.1. The van der Waals surface area contributed by atoms with Crippen molar-refractivity contribution in [1.29, 1.82) is 0 Å². The highest BCUT2D eigenvalue weighted by atomic mass is 35.5.